The van der Waals surface area contributed by atoms with Gasteiger partial charge in [-0.05, 0) is 6.07 Å². The Balaban J connectivity index is 3.21. The molecule has 1 rings (SSSR count). The minimum atomic E-state index is -2.77. The fraction of sp³-hybridized carbons (Fsp3) is 0.364. The predicted molar refractivity (Wildman–Crippen MR) is 60.6 cm³/mol. The molecule has 0 aliphatic heterocycles. The lowest BCUT2D eigenvalue weighted by Gasteiger charge is -2.16. The highest BCUT2D eigenvalue weighted by atomic mass is 19.3. The van der Waals surface area contributed by atoms with Crippen molar-refractivity contribution >= 4 is 17.3 Å². The summed E-state index contributed by atoms with van der Waals surface area (Å²) in [5.41, 5.74) is 10.1. The zero-order chi connectivity index (χ0) is 13.9. The molecule has 1 aromatic rings. The summed E-state index contributed by atoms with van der Waals surface area (Å²) in [5.74, 6) is -3.32. The number of halogens is 3. The maximum atomic E-state index is 13.8. The van der Waals surface area contributed by atoms with Crippen molar-refractivity contribution in [3.8, 4) is 0 Å². The van der Waals surface area contributed by atoms with E-state index in [1.807, 2.05) is 0 Å². The van der Waals surface area contributed by atoms with Crippen LogP contribution in [-0.4, -0.2) is 19.5 Å². The second-order valence-electron chi connectivity index (χ2n) is 3.67. The van der Waals surface area contributed by atoms with Gasteiger partial charge in [-0.25, -0.2) is 13.2 Å². The van der Waals surface area contributed by atoms with Gasteiger partial charge in [-0.1, -0.05) is 6.07 Å². The molecule has 0 spiro atoms. The largest absolute Gasteiger partial charge is 0.469 e. The number of rotatable bonds is 4. The highest BCUT2D eigenvalue weighted by Crippen LogP contribution is 2.31. The van der Waals surface area contributed by atoms with E-state index in [9.17, 15) is 18.0 Å². The first kappa shape index (κ1) is 14.1. The summed E-state index contributed by atoms with van der Waals surface area (Å²) in [5, 5.41) is 0. The van der Waals surface area contributed by atoms with Crippen molar-refractivity contribution in [2.24, 2.45) is 0 Å². The molecular formula is C11H13F3N2O2. The smallest absolute Gasteiger partial charge is 0.313 e. The van der Waals surface area contributed by atoms with Gasteiger partial charge in [-0.15, -0.1) is 0 Å². The molecule has 4 N–H and O–H groups in total. The summed E-state index contributed by atoms with van der Waals surface area (Å²) in [6.07, 6.45) is -3.61. The van der Waals surface area contributed by atoms with Gasteiger partial charge in [0, 0.05) is 12.0 Å². The number of nitrogen functional groups attached to an aromatic ring is 2. The first-order valence-corrected chi connectivity index (χ1v) is 5.07. The maximum Gasteiger partial charge on any atom is 0.313 e. The molecule has 0 bridgehead atoms. The lowest BCUT2D eigenvalue weighted by molar-refractivity contribution is -0.143. The molecule has 7 heteroatoms. The van der Waals surface area contributed by atoms with Crippen LogP contribution in [0, 0.1) is 5.82 Å². The van der Waals surface area contributed by atoms with Crippen molar-refractivity contribution in [2.45, 2.75) is 18.8 Å². The number of ether oxygens (including phenoxy) is 1. The second kappa shape index (κ2) is 5.61. The van der Waals surface area contributed by atoms with Crippen LogP contribution in [0.15, 0.2) is 12.1 Å². The van der Waals surface area contributed by atoms with E-state index in [0.717, 1.165) is 13.2 Å². The lowest BCUT2D eigenvalue weighted by atomic mass is 9.94. The number of carbonyl (C=O) groups excluding carboxylic acids is 1. The van der Waals surface area contributed by atoms with Crippen molar-refractivity contribution in [3.05, 3.63) is 23.5 Å². The fourth-order valence-corrected chi connectivity index (χ4v) is 1.56. The zero-order valence-electron chi connectivity index (χ0n) is 9.62. The number of alkyl halides is 2. The van der Waals surface area contributed by atoms with E-state index in [2.05, 4.69) is 4.74 Å². The molecule has 0 aromatic heterocycles. The van der Waals surface area contributed by atoms with Crippen molar-refractivity contribution in [3.63, 3.8) is 0 Å². The Morgan fingerprint density at radius 2 is 2.00 bits per heavy atom. The third kappa shape index (κ3) is 2.85. The van der Waals surface area contributed by atoms with Crippen LogP contribution in [0.25, 0.3) is 0 Å². The Morgan fingerprint density at radius 1 is 1.39 bits per heavy atom. The van der Waals surface area contributed by atoms with E-state index in [1.54, 1.807) is 0 Å². The summed E-state index contributed by atoms with van der Waals surface area (Å²) in [7, 11) is 1.04. The summed E-state index contributed by atoms with van der Waals surface area (Å²) in [6.45, 7) is 0. The van der Waals surface area contributed by atoms with E-state index in [4.69, 9.17) is 11.5 Å². The molecule has 1 atom stereocenters. The van der Waals surface area contributed by atoms with Crippen LogP contribution in [-0.2, 0) is 9.53 Å². The average Bonchev–Trinajstić information content (AvgIpc) is 2.33. The standard InChI is InChI=1S/C11H13F3N2O2/c1-18-11(17)6(4-8(12)13)5-2-3-7(15)10(16)9(5)14/h2-3,6,8H,4,15-16H2,1H3. The number of benzene rings is 1. The average molecular weight is 262 g/mol. The highest BCUT2D eigenvalue weighted by molar-refractivity contribution is 5.79. The lowest BCUT2D eigenvalue weighted by Crippen LogP contribution is -2.19. The Morgan fingerprint density at radius 3 is 2.50 bits per heavy atom. The number of hydrogen-bond donors (Lipinski definition) is 2. The molecule has 0 saturated carbocycles. The molecule has 0 amide bonds. The topological polar surface area (TPSA) is 78.3 Å². The van der Waals surface area contributed by atoms with Crippen molar-refractivity contribution in [2.75, 3.05) is 18.6 Å². The van der Waals surface area contributed by atoms with Crippen LogP contribution in [0.5, 0.6) is 0 Å². The van der Waals surface area contributed by atoms with Crippen LogP contribution in [0.3, 0.4) is 0 Å². The molecule has 1 aromatic carbocycles. The number of methoxy groups -OCH3 is 1. The van der Waals surface area contributed by atoms with Crippen molar-refractivity contribution < 1.29 is 22.7 Å². The van der Waals surface area contributed by atoms with E-state index in [-0.39, 0.29) is 16.9 Å². The zero-order valence-corrected chi connectivity index (χ0v) is 9.62. The molecule has 4 nitrogen and oxygen atoms in total. The molecular weight excluding hydrogens is 249 g/mol. The SMILES string of the molecule is COC(=O)C(CC(F)F)c1ccc(N)c(N)c1F. The van der Waals surface area contributed by atoms with Crippen LogP contribution < -0.4 is 11.5 Å². The molecule has 1 unspecified atom stereocenters. The Labute approximate surface area is 102 Å². The monoisotopic (exact) mass is 262 g/mol. The van der Waals surface area contributed by atoms with Gasteiger partial charge in [0.25, 0.3) is 0 Å². The van der Waals surface area contributed by atoms with Gasteiger partial charge in [0.2, 0.25) is 6.43 Å². The van der Waals surface area contributed by atoms with E-state index in [0.29, 0.717) is 0 Å². The van der Waals surface area contributed by atoms with Crippen LogP contribution in [0.4, 0.5) is 24.5 Å². The number of hydrogen-bond acceptors (Lipinski definition) is 4. The van der Waals surface area contributed by atoms with E-state index < -0.39 is 30.6 Å². The summed E-state index contributed by atoms with van der Waals surface area (Å²) in [4.78, 5) is 11.4. The quantitative estimate of drug-likeness (QED) is 0.641. The predicted octanol–water partition coefficient (Wildman–Crippen LogP) is 1.90. The second-order valence-corrected chi connectivity index (χ2v) is 3.67. The molecule has 0 fully saturated rings. The van der Waals surface area contributed by atoms with Gasteiger partial charge in [0.1, 0.15) is 0 Å². The molecule has 0 saturated heterocycles. The van der Waals surface area contributed by atoms with Crippen LogP contribution in [0.2, 0.25) is 0 Å². The van der Waals surface area contributed by atoms with E-state index >= 15 is 0 Å². The number of carbonyl (C=O) groups is 1. The maximum absolute atomic E-state index is 13.8. The van der Waals surface area contributed by atoms with Gasteiger partial charge in [0.05, 0.1) is 24.4 Å². The number of esters is 1. The fourth-order valence-electron chi connectivity index (χ4n) is 1.56. The minimum absolute atomic E-state index is 0.0167. The molecule has 100 valence electrons. The van der Waals surface area contributed by atoms with Gasteiger partial charge >= 0.3 is 5.97 Å². The van der Waals surface area contributed by atoms with Gasteiger partial charge in [-0.3, -0.25) is 4.79 Å². The van der Waals surface area contributed by atoms with Crippen LogP contribution in [0.1, 0.15) is 17.9 Å². The number of anilines is 2. The highest BCUT2D eigenvalue weighted by Gasteiger charge is 2.29. The first-order chi connectivity index (χ1) is 8.38. The molecule has 18 heavy (non-hydrogen) atoms. The van der Waals surface area contributed by atoms with Gasteiger partial charge in [0.15, 0.2) is 5.82 Å². The Bertz CT molecular complexity index is 452. The Kier molecular flexibility index (Phi) is 4.41. The molecule has 0 radical (unpaired) electrons. The van der Waals surface area contributed by atoms with Crippen molar-refractivity contribution in [1.29, 1.82) is 0 Å². The number of nitrogens with two attached hydrogens (primary N) is 2. The summed E-state index contributed by atoms with van der Waals surface area (Å²) in [6, 6.07) is 2.42. The third-order valence-corrected chi connectivity index (χ3v) is 2.52. The third-order valence-electron chi connectivity index (χ3n) is 2.52. The summed E-state index contributed by atoms with van der Waals surface area (Å²) >= 11 is 0. The first-order valence-electron chi connectivity index (χ1n) is 5.07. The summed E-state index contributed by atoms with van der Waals surface area (Å²) < 4.78 is 43.0. The van der Waals surface area contributed by atoms with E-state index in [1.165, 1.54) is 6.07 Å². The molecule has 0 heterocycles. The normalized spacial score (nSPS) is 12.5. The van der Waals surface area contributed by atoms with Gasteiger partial charge in [-0.2, -0.15) is 0 Å². The van der Waals surface area contributed by atoms with Crippen LogP contribution >= 0.6 is 0 Å². The van der Waals surface area contributed by atoms with Gasteiger partial charge < -0.3 is 16.2 Å². The van der Waals surface area contributed by atoms with Crippen molar-refractivity contribution in [1.82, 2.24) is 0 Å². The minimum Gasteiger partial charge on any atom is -0.469 e. The Hall–Kier alpha value is -1.92. The molecule has 0 aliphatic rings. The molecule has 0 aliphatic carbocycles.